The molecule has 0 aliphatic rings. The van der Waals surface area contributed by atoms with E-state index < -0.39 is 6.10 Å². The second-order valence-electron chi connectivity index (χ2n) is 5.53. The van der Waals surface area contributed by atoms with Crippen LogP contribution in [0.4, 0.5) is 5.69 Å². The molecule has 0 fully saturated rings. The second-order valence-corrected chi connectivity index (χ2v) is 5.53. The molecule has 0 aliphatic carbocycles. The van der Waals surface area contributed by atoms with Crippen LogP contribution in [0, 0.1) is 6.92 Å². The molecule has 0 aliphatic heterocycles. The van der Waals surface area contributed by atoms with E-state index in [1.54, 1.807) is 42.8 Å². The first-order chi connectivity index (χ1) is 11.6. The van der Waals surface area contributed by atoms with Gasteiger partial charge in [-0.1, -0.05) is 35.5 Å². The Morgan fingerprint density at radius 2 is 1.92 bits per heavy atom. The predicted molar refractivity (Wildman–Crippen MR) is 91.1 cm³/mol. The number of nitrogens with one attached hydrogen (secondary N) is 1. The van der Waals surface area contributed by atoms with Crippen molar-refractivity contribution in [1.29, 1.82) is 0 Å². The van der Waals surface area contributed by atoms with Gasteiger partial charge >= 0.3 is 0 Å². The molecule has 3 rings (SSSR count). The summed E-state index contributed by atoms with van der Waals surface area (Å²) in [7, 11) is 0. The van der Waals surface area contributed by atoms with E-state index in [4.69, 9.17) is 0 Å². The number of carbonyl (C=O) groups is 1. The van der Waals surface area contributed by atoms with Crippen molar-refractivity contribution in [3.63, 3.8) is 0 Å². The number of hydrogen-bond acceptors (Lipinski definition) is 4. The Kier molecular flexibility index (Phi) is 4.39. The minimum Gasteiger partial charge on any atom is -0.389 e. The summed E-state index contributed by atoms with van der Waals surface area (Å²) in [5.74, 6) is -0.336. The lowest BCUT2D eigenvalue weighted by atomic mass is 10.1. The summed E-state index contributed by atoms with van der Waals surface area (Å²) in [5, 5.41) is 20.5. The van der Waals surface area contributed by atoms with E-state index >= 15 is 0 Å². The van der Waals surface area contributed by atoms with Crippen LogP contribution < -0.4 is 5.32 Å². The summed E-state index contributed by atoms with van der Waals surface area (Å²) in [6.07, 6.45) is -0.595. The molecule has 1 aromatic heterocycles. The number of hydrogen-bond donors (Lipinski definition) is 2. The van der Waals surface area contributed by atoms with E-state index in [0.717, 1.165) is 11.3 Å². The molecule has 122 valence electrons. The lowest BCUT2D eigenvalue weighted by Crippen LogP contribution is -2.14. The predicted octanol–water partition coefficient (Wildman–Crippen LogP) is 2.88. The highest BCUT2D eigenvalue weighted by Gasteiger charge is 2.17. The molecule has 0 unspecified atom stereocenters. The molecule has 0 spiro atoms. The van der Waals surface area contributed by atoms with Gasteiger partial charge in [-0.2, -0.15) is 0 Å². The Bertz CT molecular complexity index is 856. The van der Waals surface area contributed by atoms with E-state index in [0.29, 0.717) is 11.4 Å². The van der Waals surface area contributed by atoms with Gasteiger partial charge in [0.1, 0.15) is 0 Å². The molecule has 0 bridgehead atoms. The second kappa shape index (κ2) is 6.64. The fourth-order valence-electron chi connectivity index (χ4n) is 2.42. The smallest absolute Gasteiger partial charge is 0.278 e. The third-order valence-electron chi connectivity index (χ3n) is 3.74. The largest absolute Gasteiger partial charge is 0.389 e. The van der Waals surface area contributed by atoms with E-state index in [9.17, 15) is 9.90 Å². The molecule has 0 saturated carbocycles. The number of para-hydroxylation sites is 1. The molecular weight excluding hydrogens is 304 g/mol. The molecule has 1 amide bonds. The van der Waals surface area contributed by atoms with Gasteiger partial charge in [-0.3, -0.25) is 4.79 Å². The molecule has 6 heteroatoms. The van der Waals surface area contributed by atoms with Crippen LogP contribution in [0.5, 0.6) is 0 Å². The van der Waals surface area contributed by atoms with Gasteiger partial charge in [0.25, 0.3) is 5.91 Å². The zero-order chi connectivity index (χ0) is 17.1. The van der Waals surface area contributed by atoms with E-state index in [1.807, 2.05) is 30.3 Å². The first-order valence-electron chi connectivity index (χ1n) is 7.63. The number of aliphatic hydroxyl groups is 1. The van der Waals surface area contributed by atoms with Crippen molar-refractivity contribution in [2.45, 2.75) is 20.0 Å². The van der Waals surface area contributed by atoms with Crippen LogP contribution in [-0.4, -0.2) is 26.0 Å². The van der Waals surface area contributed by atoms with Crippen LogP contribution in [-0.2, 0) is 0 Å². The topological polar surface area (TPSA) is 80.0 Å². The summed E-state index contributed by atoms with van der Waals surface area (Å²) in [6, 6.07) is 16.6. The maximum Gasteiger partial charge on any atom is 0.278 e. The molecule has 0 radical (unpaired) electrons. The highest BCUT2D eigenvalue weighted by atomic mass is 16.3. The van der Waals surface area contributed by atoms with Gasteiger partial charge in [0.05, 0.1) is 17.5 Å². The number of aliphatic hydroxyl groups excluding tert-OH is 1. The van der Waals surface area contributed by atoms with Crippen LogP contribution in [0.25, 0.3) is 5.69 Å². The zero-order valence-corrected chi connectivity index (χ0v) is 13.5. The number of carbonyl (C=O) groups excluding carboxylic acids is 1. The van der Waals surface area contributed by atoms with Crippen molar-refractivity contribution in [3.8, 4) is 5.69 Å². The fraction of sp³-hybridized carbons (Fsp3) is 0.167. The summed E-state index contributed by atoms with van der Waals surface area (Å²) >= 11 is 0. The van der Waals surface area contributed by atoms with Crippen molar-refractivity contribution in [2.24, 2.45) is 0 Å². The molecule has 1 heterocycles. The lowest BCUT2D eigenvalue weighted by molar-refractivity contribution is 0.102. The number of aromatic nitrogens is 3. The summed E-state index contributed by atoms with van der Waals surface area (Å²) < 4.78 is 1.63. The summed E-state index contributed by atoms with van der Waals surface area (Å²) in [4.78, 5) is 12.5. The molecular formula is C18H18N4O2. The van der Waals surface area contributed by atoms with Crippen LogP contribution >= 0.6 is 0 Å². The van der Waals surface area contributed by atoms with Gasteiger partial charge in [-0.15, -0.1) is 5.10 Å². The lowest BCUT2D eigenvalue weighted by Gasteiger charge is -2.08. The van der Waals surface area contributed by atoms with Crippen molar-refractivity contribution < 1.29 is 9.90 Å². The number of nitrogens with zero attached hydrogens (tertiary/aromatic N) is 3. The van der Waals surface area contributed by atoms with E-state index in [2.05, 4.69) is 15.6 Å². The minimum atomic E-state index is -0.595. The van der Waals surface area contributed by atoms with Gasteiger partial charge in [0.2, 0.25) is 0 Å². The molecule has 0 saturated heterocycles. The molecule has 2 N–H and O–H groups in total. The summed E-state index contributed by atoms with van der Waals surface area (Å²) in [6.45, 7) is 3.48. The number of amides is 1. The third-order valence-corrected chi connectivity index (χ3v) is 3.74. The van der Waals surface area contributed by atoms with Crippen molar-refractivity contribution >= 4 is 11.6 Å². The number of rotatable bonds is 4. The van der Waals surface area contributed by atoms with Gasteiger partial charge in [0, 0.05) is 5.69 Å². The average molecular weight is 322 g/mol. The quantitative estimate of drug-likeness (QED) is 0.774. The SMILES string of the molecule is Cc1c(C(=O)Nc2cccc([C@H](C)O)c2)nnn1-c1ccccc1. The van der Waals surface area contributed by atoms with Gasteiger partial charge in [-0.05, 0) is 43.7 Å². The average Bonchev–Trinajstić information content (AvgIpc) is 2.97. The molecule has 24 heavy (non-hydrogen) atoms. The molecule has 6 nitrogen and oxygen atoms in total. The van der Waals surface area contributed by atoms with E-state index in [-0.39, 0.29) is 11.6 Å². The van der Waals surface area contributed by atoms with Crippen molar-refractivity contribution in [1.82, 2.24) is 15.0 Å². The molecule has 3 aromatic rings. The third kappa shape index (κ3) is 3.18. The van der Waals surface area contributed by atoms with Crippen LogP contribution in [0.1, 0.15) is 34.8 Å². The van der Waals surface area contributed by atoms with Crippen LogP contribution in [0.3, 0.4) is 0 Å². The standard InChI is InChI=1S/C18H18N4O2/c1-12-17(20-21-22(12)16-9-4-3-5-10-16)18(24)19-15-8-6-7-14(11-15)13(2)23/h3-11,13,23H,1-2H3,(H,19,24)/t13-/m0/s1. The molecule has 2 aromatic carbocycles. The maximum absolute atomic E-state index is 12.5. The van der Waals surface area contributed by atoms with Crippen molar-refractivity contribution in [3.05, 3.63) is 71.5 Å². The Labute approximate surface area is 139 Å². The highest BCUT2D eigenvalue weighted by molar-refractivity contribution is 6.03. The Morgan fingerprint density at radius 3 is 2.62 bits per heavy atom. The first kappa shape index (κ1) is 15.9. The highest BCUT2D eigenvalue weighted by Crippen LogP contribution is 2.18. The normalized spacial score (nSPS) is 12.0. The Balaban J connectivity index is 1.84. The zero-order valence-electron chi connectivity index (χ0n) is 13.5. The minimum absolute atomic E-state index is 0.265. The maximum atomic E-state index is 12.5. The summed E-state index contributed by atoms with van der Waals surface area (Å²) in [5.41, 5.74) is 3.11. The van der Waals surface area contributed by atoms with Crippen LogP contribution in [0.2, 0.25) is 0 Å². The van der Waals surface area contributed by atoms with Gasteiger partial charge in [0.15, 0.2) is 5.69 Å². The number of benzene rings is 2. The number of anilines is 1. The van der Waals surface area contributed by atoms with Crippen molar-refractivity contribution in [2.75, 3.05) is 5.32 Å². The fourth-order valence-corrected chi connectivity index (χ4v) is 2.42. The monoisotopic (exact) mass is 322 g/mol. The van der Waals surface area contributed by atoms with Gasteiger partial charge in [-0.25, -0.2) is 4.68 Å². The Hall–Kier alpha value is -2.99. The van der Waals surface area contributed by atoms with E-state index in [1.165, 1.54) is 0 Å². The first-order valence-corrected chi connectivity index (χ1v) is 7.63. The van der Waals surface area contributed by atoms with Crippen LogP contribution in [0.15, 0.2) is 54.6 Å². The van der Waals surface area contributed by atoms with Gasteiger partial charge < -0.3 is 10.4 Å². The molecule has 1 atom stereocenters. The Morgan fingerprint density at radius 1 is 1.17 bits per heavy atom.